The standard InChI is InChI=1S/C22H25F2N3O5/c1-11-17(21(25)30)20(32-3)18(26(11)2)19(29)22(31)27(12-4-7-14(28)8-5-12)13-6-9-15(23)16(24)10-13/h6,9-10,12,14,28H,4-5,7-8H2,1-3H3,(H2,25,30). The van der Waals surface area contributed by atoms with Gasteiger partial charge in [-0.3, -0.25) is 14.4 Å². The van der Waals surface area contributed by atoms with E-state index in [9.17, 15) is 28.3 Å². The maximum absolute atomic E-state index is 14.0. The number of aliphatic hydroxyl groups excluding tert-OH is 1. The first-order valence-electron chi connectivity index (χ1n) is 10.1. The Kier molecular flexibility index (Phi) is 6.63. The molecule has 0 saturated heterocycles. The molecule has 2 aromatic rings. The van der Waals surface area contributed by atoms with E-state index in [1.165, 1.54) is 24.8 Å². The zero-order chi connectivity index (χ0) is 23.7. The maximum Gasteiger partial charge on any atom is 0.301 e. The third-order valence-electron chi connectivity index (χ3n) is 5.93. The molecule has 1 aromatic heterocycles. The number of rotatable bonds is 6. The highest BCUT2D eigenvalue weighted by Crippen LogP contribution is 2.33. The highest BCUT2D eigenvalue weighted by molar-refractivity contribution is 6.47. The Balaban J connectivity index is 2.09. The van der Waals surface area contributed by atoms with Crippen molar-refractivity contribution in [1.82, 2.24) is 4.57 Å². The Morgan fingerprint density at radius 3 is 2.31 bits per heavy atom. The Morgan fingerprint density at radius 2 is 1.78 bits per heavy atom. The fourth-order valence-corrected chi connectivity index (χ4v) is 4.17. The van der Waals surface area contributed by atoms with Crippen molar-refractivity contribution in [3.63, 3.8) is 0 Å². The SMILES string of the molecule is COc1c(C(N)=O)c(C)n(C)c1C(=O)C(=O)N(c1ccc(F)c(F)c1)C1CCC(O)CC1. The number of halogens is 2. The van der Waals surface area contributed by atoms with Gasteiger partial charge < -0.3 is 25.0 Å². The van der Waals surface area contributed by atoms with Gasteiger partial charge in [0.15, 0.2) is 17.4 Å². The number of benzene rings is 1. The van der Waals surface area contributed by atoms with Crippen molar-refractivity contribution in [2.24, 2.45) is 12.8 Å². The number of methoxy groups -OCH3 is 1. The van der Waals surface area contributed by atoms with Crippen molar-refractivity contribution >= 4 is 23.3 Å². The minimum Gasteiger partial charge on any atom is -0.493 e. The summed E-state index contributed by atoms with van der Waals surface area (Å²) < 4.78 is 34.1. The van der Waals surface area contributed by atoms with Gasteiger partial charge in [-0.2, -0.15) is 0 Å². The highest BCUT2D eigenvalue weighted by atomic mass is 19.2. The molecule has 0 bridgehead atoms. The van der Waals surface area contributed by atoms with Crippen LogP contribution in [0.1, 0.15) is 52.2 Å². The van der Waals surface area contributed by atoms with E-state index in [0.717, 1.165) is 17.0 Å². The molecular weight excluding hydrogens is 424 g/mol. The van der Waals surface area contributed by atoms with Crippen LogP contribution >= 0.6 is 0 Å². The van der Waals surface area contributed by atoms with Gasteiger partial charge in [-0.1, -0.05) is 0 Å². The summed E-state index contributed by atoms with van der Waals surface area (Å²) in [5.41, 5.74) is 5.58. The normalized spacial score (nSPS) is 18.3. The molecule has 0 aliphatic heterocycles. The van der Waals surface area contributed by atoms with Gasteiger partial charge >= 0.3 is 5.91 Å². The second-order valence-corrected chi connectivity index (χ2v) is 7.83. The lowest BCUT2D eigenvalue weighted by Crippen LogP contribution is -2.46. The quantitative estimate of drug-likeness (QED) is 0.519. The van der Waals surface area contributed by atoms with Gasteiger partial charge in [-0.15, -0.1) is 0 Å². The topological polar surface area (TPSA) is 115 Å². The Bertz CT molecular complexity index is 1070. The minimum atomic E-state index is -1.16. The second-order valence-electron chi connectivity index (χ2n) is 7.83. The monoisotopic (exact) mass is 449 g/mol. The van der Waals surface area contributed by atoms with Crippen molar-refractivity contribution in [3.8, 4) is 5.75 Å². The van der Waals surface area contributed by atoms with Crippen LogP contribution in [-0.4, -0.2) is 46.5 Å². The summed E-state index contributed by atoms with van der Waals surface area (Å²) in [6.07, 6.45) is 0.997. The van der Waals surface area contributed by atoms with E-state index in [1.807, 2.05) is 0 Å². The van der Waals surface area contributed by atoms with Gasteiger partial charge in [-0.25, -0.2) is 8.78 Å². The lowest BCUT2D eigenvalue weighted by molar-refractivity contribution is -0.115. The molecule has 10 heteroatoms. The predicted molar refractivity (Wildman–Crippen MR) is 112 cm³/mol. The number of nitrogens with zero attached hydrogens (tertiary/aromatic N) is 2. The van der Waals surface area contributed by atoms with E-state index in [0.29, 0.717) is 31.4 Å². The van der Waals surface area contributed by atoms with E-state index in [1.54, 1.807) is 6.92 Å². The molecule has 3 rings (SSSR count). The molecule has 0 radical (unpaired) electrons. The molecule has 1 saturated carbocycles. The van der Waals surface area contributed by atoms with E-state index in [4.69, 9.17) is 10.5 Å². The fourth-order valence-electron chi connectivity index (χ4n) is 4.17. The van der Waals surface area contributed by atoms with Crippen molar-refractivity contribution in [3.05, 3.63) is 46.8 Å². The summed E-state index contributed by atoms with van der Waals surface area (Å²) in [6.45, 7) is 1.56. The molecule has 1 aliphatic rings. The van der Waals surface area contributed by atoms with Gasteiger partial charge in [0.1, 0.15) is 11.3 Å². The smallest absolute Gasteiger partial charge is 0.301 e. The molecule has 1 fully saturated rings. The average molecular weight is 449 g/mol. The van der Waals surface area contributed by atoms with Crippen LogP contribution in [0.25, 0.3) is 0 Å². The van der Waals surface area contributed by atoms with E-state index >= 15 is 0 Å². The number of Topliss-reactive ketones (excluding diaryl/α,β-unsaturated/α-hetero) is 1. The third kappa shape index (κ3) is 4.10. The number of hydrogen-bond donors (Lipinski definition) is 2. The van der Waals surface area contributed by atoms with Gasteiger partial charge in [0.05, 0.1) is 13.2 Å². The Labute approximate surface area is 183 Å². The van der Waals surface area contributed by atoms with Crippen LogP contribution in [0.4, 0.5) is 14.5 Å². The van der Waals surface area contributed by atoms with Gasteiger partial charge in [0.2, 0.25) is 0 Å². The largest absolute Gasteiger partial charge is 0.493 e. The number of primary amides is 1. The third-order valence-corrected chi connectivity index (χ3v) is 5.93. The number of carbonyl (C=O) groups excluding carboxylic acids is 3. The average Bonchev–Trinajstić information content (AvgIpc) is 3.01. The fraction of sp³-hybridized carbons (Fsp3) is 0.409. The van der Waals surface area contributed by atoms with Gasteiger partial charge in [0.25, 0.3) is 11.7 Å². The summed E-state index contributed by atoms with van der Waals surface area (Å²) in [7, 11) is 2.74. The summed E-state index contributed by atoms with van der Waals surface area (Å²) in [6, 6.07) is 2.44. The Morgan fingerprint density at radius 1 is 1.16 bits per heavy atom. The lowest BCUT2D eigenvalue weighted by atomic mass is 9.91. The molecule has 8 nitrogen and oxygen atoms in total. The number of hydrogen-bond acceptors (Lipinski definition) is 5. The van der Waals surface area contributed by atoms with Gasteiger partial charge in [0, 0.05) is 30.5 Å². The first-order valence-corrected chi connectivity index (χ1v) is 10.1. The van der Waals surface area contributed by atoms with Crippen LogP contribution in [0.3, 0.4) is 0 Å². The summed E-state index contributed by atoms with van der Waals surface area (Å²) in [4.78, 5) is 39.8. The molecule has 1 aliphatic carbocycles. The molecule has 172 valence electrons. The van der Waals surface area contributed by atoms with Crippen LogP contribution in [0, 0.1) is 18.6 Å². The minimum absolute atomic E-state index is 0.0173. The van der Waals surface area contributed by atoms with Crippen LogP contribution < -0.4 is 15.4 Å². The van der Waals surface area contributed by atoms with Crippen LogP contribution in [0.15, 0.2) is 18.2 Å². The number of aliphatic hydroxyl groups is 1. The molecular formula is C22H25F2N3O5. The zero-order valence-electron chi connectivity index (χ0n) is 18.0. The molecule has 1 aromatic carbocycles. The first kappa shape index (κ1) is 23.4. The molecule has 3 N–H and O–H groups in total. The van der Waals surface area contributed by atoms with E-state index in [-0.39, 0.29) is 22.7 Å². The van der Waals surface area contributed by atoms with Crippen molar-refractivity contribution < 1.29 is 33.0 Å². The number of amides is 2. The van der Waals surface area contributed by atoms with Crippen molar-refractivity contribution in [2.45, 2.75) is 44.8 Å². The number of ether oxygens (including phenoxy) is 1. The highest BCUT2D eigenvalue weighted by Gasteiger charge is 2.37. The maximum atomic E-state index is 14.0. The first-order chi connectivity index (χ1) is 15.1. The van der Waals surface area contributed by atoms with Crippen molar-refractivity contribution in [1.29, 1.82) is 0 Å². The molecule has 0 spiro atoms. The lowest BCUT2D eigenvalue weighted by Gasteiger charge is -2.35. The summed E-state index contributed by atoms with van der Waals surface area (Å²) in [5, 5.41) is 9.83. The predicted octanol–water partition coefficient (Wildman–Crippen LogP) is 2.24. The van der Waals surface area contributed by atoms with Crippen molar-refractivity contribution in [2.75, 3.05) is 12.0 Å². The van der Waals surface area contributed by atoms with Crippen LogP contribution in [0.5, 0.6) is 5.75 Å². The second kappa shape index (κ2) is 9.07. The molecule has 0 unspecified atom stereocenters. The zero-order valence-corrected chi connectivity index (χ0v) is 18.0. The van der Waals surface area contributed by atoms with Gasteiger partial charge in [-0.05, 0) is 44.7 Å². The van der Waals surface area contributed by atoms with Crippen LogP contribution in [-0.2, 0) is 11.8 Å². The molecule has 2 amide bonds. The summed E-state index contributed by atoms with van der Waals surface area (Å²) >= 11 is 0. The number of aromatic nitrogens is 1. The number of carbonyl (C=O) groups is 3. The Hall–Kier alpha value is -3.27. The van der Waals surface area contributed by atoms with E-state index < -0.39 is 41.4 Å². The molecule has 32 heavy (non-hydrogen) atoms. The number of nitrogens with two attached hydrogens (primary N) is 1. The van der Waals surface area contributed by atoms with Crippen LogP contribution in [0.2, 0.25) is 0 Å². The summed E-state index contributed by atoms with van der Waals surface area (Å²) in [5.74, 6) is -5.17. The molecule has 1 heterocycles. The molecule has 0 atom stereocenters. The number of anilines is 1. The van der Waals surface area contributed by atoms with E-state index in [2.05, 4.69) is 0 Å². The number of ketones is 1.